The molecule has 1 saturated carbocycles. The lowest BCUT2D eigenvalue weighted by molar-refractivity contribution is 0.0209. The molecule has 2 bridgehead atoms. The van der Waals surface area contributed by atoms with Gasteiger partial charge in [0.2, 0.25) is 0 Å². The van der Waals surface area contributed by atoms with E-state index in [1.807, 2.05) is 4.90 Å². The van der Waals surface area contributed by atoms with Crippen molar-refractivity contribution < 1.29 is 27.8 Å². The van der Waals surface area contributed by atoms with Gasteiger partial charge in [-0.15, -0.1) is 6.42 Å². The van der Waals surface area contributed by atoms with Gasteiger partial charge in [-0.1, -0.05) is 12.0 Å². The van der Waals surface area contributed by atoms with Gasteiger partial charge in [-0.25, -0.2) is 13.2 Å². The molecule has 48 heavy (non-hydrogen) atoms. The first-order valence-electron chi connectivity index (χ1n) is 16.9. The molecule has 5 heterocycles. The van der Waals surface area contributed by atoms with E-state index in [1.165, 1.54) is 24.3 Å². The summed E-state index contributed by atoms with van der Waals surface area (Å²) >= 11 is 0. The van der Waals surface area contributed by atoms with Crippen LogP contribution >= 0.6 is 0 Å². The SMILES string of the molecule is C#Cc1c(F)ccc2cc(O)cc(-c3cc4c5c(nc(OCC6(CN7CCCC[C@H]7F)CC6)nc5c3F)N3C[C@H]5CC[C@H](N5)[C@H]3CO4)c12. The van der Waals surface area contributed by atoms with Crippen LogP contribution in [0.2, 0.25) is 0 Å². The predicted molar refractivity (Wildman–Crippen MR) is 176 cm³/mol. The maximum Gasteiger partial charge on any atom is 0.319 e. The summed E-state index contributed by atoms with van der Waals surface area (Å²) in [5.74, 6) is 1.93. The second kappa shape index (κ2) is 11.1. The van der Waals surface area contributed by atoms with Crippen molar-refractivity contribution in [2.45, 2.75) is 69.4 Å². The number of terminal acetylenes is 1. The molecule has 1 aromatic heterocycles. The Morgan fingerprint density at radius 2 is 1.96 bits per heavy atom. The number of likely N-dealkylation sites (tertiary alicyclic amines) is 1. The first-order chi connectivity index (χ1) is 23.3. The Hall–Kier alpha value is -4.27. The average molecular weight is 656 g/mol. The molecule has 1 aliphatic carbocycles. The largest absolute Gasteiger partial charge is 0.508 e. The molecule has 0 amide bonds. The highest BCUT2D eigenvalue weighted by Crippen LogP contribution is 2.49. The molecular formula is C37H36F3N5O3. The fraction of sp³-hybridized carbons (Fsp3) is 0.459. The van der Waals surface area contributed by atoms with Gasteiger partial charge in [-0.2, -0.15) is 9.97 Å². The van der Waals surface area contributed by atoms with Crippen LogP contribution in [0.1, 0.15) is 50.5 Å². The number of benzene rings is 3. The third kappa shape index (κ3) is 4.83. The number of phenols is 1. The van der Waals surface area contributed by atoms with Crippen LogP contribution in [0.4, 0.5) is 19.0 Å². The maximum atomic E-state index is 17.1. The first-order valence-corrected chi connectivity index (χ1v) is 16.9. The molecule has 0 radical (unpaired) electrons. The average Bonchev–Trinajstić information content (AvgIpc) is 3.78. The van der Waals surface area contributed by atoms with E-state index in [1.54, 1.807) is 6.07 Å². The lowest BCUT2D eigenvalue weighted by atomic mass is 9.92. The van der Waals surface area contributed by atoms with Crippen molar-refractivity contribution in [1.82, 2.24) is 20.2 Å². The third-order valence-corrected chi connectivity index (χ3v) is 11.1. The lowest BCUT2D eigenvalue weighted by Crippen LogP contribution is -2.60. The first kappa shape index (κ1) is 29.8. The summed E-state index contributed by atoms with van der Waals surface area (Å²) in [5.41, 5.74) is 0.0678. The number of aromatic nitrogens is 2. The molecule has 3 saturated heterocycles. The van der Waals surface area contributed by atoms with E-state index < -0.39 is 17.9 Å². The molecule has 2 N–H and O–H groups in total. The molecule has 4 fully saturated rings. The smallest absolute Gasteiger partial charge is 0.319 e. The zero-order valence-electron chi connectivity index (χ0n) is 26.4. The van der Waals surface area contributed by atoms with E-state index in [-0.39, 0.29) is 57.5 Å². The normalized spacial score (nSPS) is 25.8. The van der Waals surface area contributed by atoms with Crippen molar-refractivity contribution in [3.8, 4) is 41.0 Å². The number of nitrogens with zero attached hydrogens (tertiary/aromatic N) is 4. The lowest BCUT2D eigenvalue weighted by Gasteiger charge is -2.40. The van der Waals surface area contributed by atoms with Crippen molar-refractivity contribution in [3.05, 3.63) is 47.5 Å². The fourth-order valence-electron chi connectivity index (χ4n) is 8.38. The third-order valence-electron chi connectivity index (χ3n) is 11.1. The van der Waals surface area contributed by atoms with Gasteiger partial charge >= 0.3 is 6.01 Å². The van der Waals surface area contributed by atoms with Crippen LogP contribution in [0.25, 0.3) is 32.8 Å². The van der Waals surface area contributed by atoms with E-state index in [2.05, 4.69) is 21.1 Å². The summed E-state index contributed by atoms with van der Waals surface area (Å²) in [6.07, 6.45) is 11.1. The number of piperazine rings is 1. The van der Waals surface area contributed by atoms with E-state index in [9.17, 15) is 13.9 Å². The highest BCUT2D eigenvalue weighted by Gasteiger charge is 2.47. The summed E-state index contributed by atoms with van der Waals surface area (Å²) in [5, 5.41) is 15.6. The van der Waals surface area contributed by atoms with E-state index in [0.717, 1.165) is 45.1 Å². The molecule has 3 aromatic carbocycles. The van der Waals surface area contributed by atoms with Crippen LogP contribution in [0, 0.1) is 29.4 Å². The second-order valence-corrected chi connectivity index (χ2v) is 14.2. The molecule has 4 aliphatic heterocycles. The van der Waals surface area contributed by atoms with Crippen molar-refractivity contribution in [2.75, 3.05) is 37.7 Å². The van der Waals surface area contributed by atoms with Gasteiger partial charge in [0.1, 0.15) is 35.3 Å². The summed E-state index contributed by atoms with van der Waals surface area (Å²) in [7, 11) is 0. The number of fused-ring (bicyclic) bond motifs is 6. The number of aromatic hydroxyl groups is 1. The molecule has 11 heteroatoms. The van der Waals surface area contributed by atoms with Gasteiger partial charge in [0.15, 0.2) is 12.1 Å². The van der Waals surface area contributed by atoms with Crippen LogP contribution in [0.5, 0.6) is 17.5 Å². The highest BCUT2D eigenvalue weighted by molar-refractivity contribution is 6.06. The molecule has 8 nitrogen and oxygen atoms in total. The van der Waals surface area contributed by atoms with Crippen molar-refractivity contribution in [1.29, 1.82) is 0 Å². The molecule has 0 spiro atoms. The predicted octanol–water partition coefficient (Wildman–Crippen LogP) is 6.06. The second-order valence-electron chi connectivity index (χ2n) is 14.2. The Labute approximate surface area is 276 Å². The number of piperidine rings is 1. The fourth-order valence-corrected chi connectivity index (χ4v) is 8.38. The van der Waals surface area contributed by atoms with Crippen LogP contribution in [-0.4, -0.2) is 77.2 Å². The number of hydrogen-bond acceptors (Lipinski definition) is 8. The van der Waals surface area contributed by atoms with Gasteiger partial charge in [-0.3, -0.25) is 4.90 Å². The Morgan fingerprint density at radius 3 is 2.77 bits per heavy atom. The zero-order chi connectivity index (χ0) is 32.7. The van der Waals surface area contributed by atoms with Gasteiger partial charge < -0.3 is 24.8 Å². The van der Waals surface area contributed by atoms with Crippen LogP contribution in [0.15, 0.2) is 30.3 Å². The van der Waals surface area contributed by atoms with Gasteiger partial charge in [0.25, 0.3) is 0 Å². The molecule has 248 valence electrons. The minimum atomic E-state index is -0.940. The molecule has 9 rings (SSSR count). The van der Waals surface area contributed by atoms with Crippen molar-refractivity contribution in [2.24, 2.45) is 5.41 Å². The Morgan fingerprint density at radius 1 is 1.08 bits per heavy atom. The number of nitrogens with one attached hydrogen (secondary N) is 1. The summed E-state index contributed by atoms with van der Waals surface area (Å²) < 4.78 is 59.6. The molecule has 5 aliphatic rings. The molecule has 0 unspecified atom stereocenters. The van der Waals surface area contributed by atoms with Crippen LogP contribution in [0.3, 0.4) is 0 Å². The number of phenolic OH excluding ortho intramolecular Hbond substituents is 1. The van der Waals surface area contributed by atoms with Crippen LogP contribution in [-0.2, 0) is 0 Å². The molecular weight excluding hydrogens is 619 g/mol. The van der Waals surface area contributed by atoms with E-state index in [4.69, 9.17) is 20.9 Å². The summed E-state index contributed by atoms with van der Waals surface area (Å²) in [4.78, 5) is 13.7. The number of ether oxygens (including phenoxy) is 2. The van der Waals surface area contributed by atoms with Crippen molar-refractivity contribution in [3.63, 3.8) is 0 Å². The standard InChI is InChI=1S/C37H36F3N5O3/c1-2-23-26(38)8-6-20-13-22(46)14-24(31(20)23)25-15-29-32-34(33(25)40)42-36(48-19-37(10-11-37)18-44-12-4-3-5-30(44)39)43-35(32)45-16-21-7-9-27(41-21)28(45)17-47-29/h1,6,8,13-15,21,27-28,30,41,46H,3-5,7,9-12,16-19H2/t21-,27+,28-,30+/m1/s1. The van der Waals surface area contributed by atoms with E-state index >= 15 is 4.39 Å². The topological polar surface area (TPSA) is 83.0 Å². The highest BCUT2D eigenvalue weighted by atomic mass is 19.1. The number of hydrogen-bond donors (Lipinski definition) is 2. The maximum absolute atomic E-state index is 17.1. The van der Waals surface area contributed by atoms with Crippen molar-refractivity contribution >= 4 is 27.5 Å². The minimum absolute atomic E-state index is 0.00822. The minimum Gasteiger partial charge on any atom is -0.508 e. The quantitative estimate of drug-likeness (QED) is 0.192. The Balaban J connectivity index is 1.19. The molecule has 4 atom stereocenters. The van der Waals surface area contributed by atoms with Gasteiger partial charge in [0, 0.05) is 48.1 Å². The number of alkyl halides is 1. The number of rotatable bonds is 6. The Kier molecular flexibility index (Phi) is 6.92. The number of anilines is 1. The van der Waals surface area contributed by atoms with Gasteiger partial charge in [0.05, 0.1) is 23.6 Å². The zero-order valence-corrected chi connectivity index (χ0v) is 26.4. The Bertz CT molecular complexity index is 2010. The summed E-state index contributed by atoms with van der Waals surface area (Å²) in [6, 6.07) is 7.64. The van der Waals surface area contributed by atoms with Crippen LogP contribution < -0.4 is 19.7 Å². The van der Waals surface area contributed by atoms with Gasteiger partial charge in [-0.05, 0) is 80.2 Å². The van der Waals surface area contributed by atoms with E-state index in [0.29, 0.717) is 60.5 Å². The monoisotopic (exact) mass is 655 g/mol. The summed E-state index contributed by atoms with van der Waals surface area (Å²) in [6.45, 7) is 2.65. The number of halogens is 3. The molecule has 4 aromatic rings.